The van der Waals surface area contributed by atoms with Crippen molar-refractivity contribution in [2.45, 2.75) is 64.8 Å². The lowest BCUT2D eigenvalue weighted by molar-refractivity contribution is -0.139. The molecule has 0 saturated heterocycles. The quantitative estimate of drug-likeness (QED) is 0.506. The van der Waals surface area contributed by atoms with Gasteiger partial charge in [-0.1, -0.05) is 74.0 Å². The molecule has 2 aromatic carbocycles. The van der Waals surface area contributed by atoms with Crippen LogP contribution in [0.15, 0.2) is 54.6 Å². The van der Waals surface area contributed by atoms with E-state index in [4.69, 9.17) is 0 Å². The lowest BCUT2D eigenvalue weighted by atomic mass is 10.1. The van der Waals surface area contributed by atoms with Crippen LogP contribution in [0.5, 0.6) is 0 Å². The second kappa shape index (κ2) is 13.2. The fraction of sp³-hybridized carbons (Fsp3) is 0.462. The largest absolute Gasteiger partial charge is 0.352 e. The van der Waals surface area contributed by atoms with E-state index in [0.717, 1.165) is 18.6 Å². The Kier molecular flexibility index (Phi) is 10.6. The van der Waals surface area contributed by atoms with E-state index in [9.17, 15) is 9.59 Å². The average Bonchev–Trinajstić information content (AvgIpc) is 2.77. The van der Waals surface area contributed by atoms with Gasteiger partial charge in [-0.05, 0) is 44.2 Å². The Morgan fingerprint density at radius 2 is 1.71 bits per heavy atom. The van der Waals surface area contributed by atoms with Gasteiger partial charge in [0.05, 0.1) is 5.75 Å². The molecule has 31 heavy (non-hydrogen) atoms. The number of carbonyl (C=O) groups excluding carboxylic acids is 2. The summed E-state index contributed by atoms with van der Waals surface area (Å²) >= 11 is 1.61. The van der Waals surface area contributed by atoms with Crippen molar-refractivity contribution in [1.29, 1.82) is 0 Å². The van der Waals surface area contributed by atoms with Crippen LogP contribution < -0.4 is 5.32 Å². The number of amides is 2. The summed E-state index contributed by atoms with van der Waals surface area (Å²) in [6.07, 6.45) is 2.21. The van der Waals surface area contributed by atoms with Crippen molar-refractivity contribution < 1.29 is 9.59 Å². The third-order valence-electron chi connectivity index (χ3n) is 5.45. The van der Waals surface area contributed by atoms with Gasteiger partial charge < -0.3 is 10.2 Å². The average molecular weight is 441 g/mol. The van der Waals surface area contributed by atoms with E-state index in [1.54, 1.807) is 16.7 Å². The molecule has 0 radical (unpaired) electrons. The van der Waals surface area contributed by atoms with Gasteiger partial charge in [0.15, 0.2) is 0 Å². The molecular weight excluding hydrogens is 404 g/mol. The van der Waals surface area contributed by atoms with Crippen LogP contribution in [0.25, 0.3) is 0 Å². The number of nitrogens with zero attached hydrogens (tertiary/aromatic N) is 1. The maximum absolute atomic E-state index is 13.2. The Bertz CT molecular complexity index is 825. The molecule has 2 atom stereocenters. The summed E-state index contributed by atoms with van der Waals surface area (Å²) in [5.41, 5.74) is 3.61. The number of carbonyl (C=O) groups is 2. The van der Waals surface area contributed by atoms with Gasteiger partial charge in [0.1, 0.15) is 6.04 Å². The van der Waals surface area contributed by atoms with Gasteiger partial charge in [0.2, 0.25) is 11.8 Å². The Balaban J connectivity index is 2.06. The molecule has 1 N–H and O–H groups in total. The predicted octanol–water partition coefficient (Wildman–Crippen LogP) is 4.99. The zero-order valence-electron chi connectivity index (χ0n) is 19.3. The molecule has 0 aromatic heterocycles. The highest BCUT2D eigenvalue weighted by Gasteiger charge is 2.28. The molecule has 0 unspecified atom stereocenters. The number of hydrogen-bond donors (Lipinski definition) is 1. The SMILES string of the molecule is CC[C@@H](C)NC(=O)[C@H](CC)N(CCc1ccccc1)C(=O)CSCc1cccc(C)c1. The second-order valence-corrected chi connectivity index (χ2v) is 9.03. The molecular formula is C26H36N2O2S. The molecule has 168 valence electrons. The van der Waals surface area contributed by atoms with E-state index in [2.05, 4.69) is 42.6 Å². The number of aryl methyl sites for hydroxylation is 1. The highest BCUT2D eigenvalue weighted by atomic mass is 32.2. The third kappa shape index (κ3) is 8.41. The fourth-order valence-corrected chi connectivity index (χ4v) is 4.34. The van der Waals surface area contributed by atoms with Gasteiger partial charge in [-0.15, -0.1) is 11.8 Å². The van der Waals surface area contributed by atoms with Crippen LogP contribution >= 0.6 is 11.8 Å². The van der Waals surface area contributed by atoms with Crippen LogP contribution in [0, 0.1) is 6.92 Å². The minimum absolute atomic E-state index is 0.0275. The van der Waals surface area contributed by atoms with Gasteiger partial charge in [0, 0.05) is 18.3 Å². The van der Waals surface area contributed by atoms with Crippen LogP contribution in [0.3, 0.4) is 0 Å². The molecule has 0 aliphatic rings. The van der Waals surface area contributed by atoms with Crippen molar-refractivity contribution in [3.63, 3.8) is 0 Å². The zero-order chi connectivity index (χ0) is 22.6. The number of rotatable bonds is 12. The summed E-state index contributed by atoms with van der Waals surface area (Å²) in [5.74, 6) is 1.13. The molecule has 0 heterocycles. The van der Waals surface area contributed by atoms with Crippen LogP contribution in [0.4, 0.5) is 0 Å². The molecule has 0 bridgehead atoms. The first-order valence-corrected chi connectivity index (χ1v) is 12.4. The minimum atomic E-state index is -0.440. The van der Waals surface area contributed by atoms with Crippen LogP contribution in [-0.4, -0.2) is 41.1 Å². The van der Waals surface area contributed by atoms with Crippen LogP contribution in [-0.2, 0) is 21.8 Å². The van der Waals surface area contributed by atoms with Crippen molar-refractivity contribution >= 4 is 23.6 Å². The Morgan fingerprint density at radius 1 is 1.00 bits per heavy atom. The summed E-state index contributed by atoms with van der Waals surface area (Å²) in [4.78, 5) is 27.9. The topological polar surface area (TPSA) is 49.4 Å². The Hall–Kier alpha value is -2.27. The molecule has 0 aliphatic heterocycles. The standard InChI is InChI=1S/C26H36N2O2S/c1-5-21(4)27-26(30)24(6-2)28(16-15-22-12-8-7-9-13-22)25(29)19-31-18-23-14-10-11-20(3)17-23/h7-14,17,21,24H,5-6,15-16,18-19H2,1-4H3,(H,27,30)/t21-,24+/m1/s1. The number of hydrogen-bond acceptors (Lipinski definition) is 3. The fourth-order valence-electron chi connectivity index (χ4n) is 3.48. The summed E-state index contributed by atoms with van der Waals surface area (Å²) in [7, 11) is 0. The van der Waals surface area contributed by atoms with E-state index in [1.165, 1.54) is 16.7 Å². The number of benzene rings is 2. The maximum atomic E-state index is 13.2. The van der Waals surface area contributed by atoms with Crippen molar-refractivity contribution in [2.75, 3.05) is 12.3 Å². The molecule has 2 amide bonds. The lowest BCUT2D eigenvalue weighted by Crippen LogP contribution is -2.52. The normalized spacial score (nSPS) is 12.8. The first-order valence-electron chi connectivity index (χ1n) is 11.2. The highest BCUT2D eigenvalue weighted by molar-refractivity contribution is 7.99. The maximum Gasteiger partial charge on any atom is 0.243 e. The minimum Gasteiger partial charge on any atom is -0.352 e. The van der Waals surface area contributed by atoms with Gasteiger partial charge in [-0.25, -0.2) is 0 Å². The first kappa shape index (κ1) is 25.0. The molecule has 4 nitrogen and oxygen atoms in total. The summed E-state index contributed by atoms with van der Waals surface area (Å²) < 4.78 is 0. The Morgan fingerprint density at radius 3 is 2.35 bits per heavy atom. The van der Waals surface area contributed by atoms with E-state index in [0.29, 0.717) is 18.7 Å². The number of nitrogens with one attached hydrogen (secondary N) is 1. The van der Waals surface area contributed by atoms with E-state index in [1.807, 2.05) is 45.0 Å². The van der Waals surface area contributed by atoms with Crippen molar-refractivity contribution in [2.24, 2.45) is 0 Å². The molecule has 0 aliphatic carbocycles. The van der Waals surface area contributed by atoms with Crippen LogP contribution in [0.1, 0.15) is 50.3 Å². The van der Waals surface area contributed by atoms with E-state index < -0.39 is 6.04 Å². The number of thioether (sulfide) groups is 1. The monoisotopic (exact) mass is 440 g/mol. The molecule has 0 fully saturated rings. The smallest absolute Gasteiger partial charge is 0.243 e. The van der Waals surface area contributed by atoms with Gasteiger partial charge >= 0.3 is 0 Å². The van der Waals surface area contributed by atoms with Gasteiger partial charge in [-0.3, -0.25) is 9.59 Å². The molecule has 5 heteroatoms. The zero-order valence-corrected chi connectivity index (χ0v) is 20.1. The van der Waals surface area contributed by atoms with Gasteiger partial charge in [0.25, 0.3) is 0 Å². The van der Waals surface area contributed by atoms with Gasteiger partial charge in [-0.2, -0.15) is 0 Å². The summed E-state index contributed by atoms with van der Waals surface area (Å²) in [6.45, 7) is 8.64. The lowest BCUT2D eigenvalue weighted by Gasteiger charge is -2.31. The second-order valence-electron chi connectivity index (χ2n) is 8.05. The molecule has 2 rings (SSSR count). The first-order chi connectivity index (χ1) is 14.9. The van der Waals surface area contributed by atoms with Crippen LogP contribution in [0.2, 0.25) is 0 Å². The van der Waals surface area contributed by atoms with E-state index in [-0.39, 0.29) is 17.9 Å². The molecule has 0 spiro atoms. The summed E-state index contributed by atoms with van der Waals surface area (Å²) in [6, 6.07) is 18.2. The van der Waals surface area contributed by atoms with E-state index >= 15 is 0 Å². The summed E-state index contributed by atoms with van der Waals surface area (Å²) in [5, 5.41) is 3.06. The van der Waals surface area contributed by atoms with Crippen molar-refractivity contribution in [1.82, 2.24) is 10.2 Å². The Labute approximate surface area is 191 Å². The third-order valence-corrected chi connectivity index (χ3v) is 6.44. The predicted molar refractivity (Wildman–Crippen MR) is 131 cm³/mol. The van der Waals surface area contributed by atoms with Crippen molar-refractivity contribution in [3.8, 4) is 0 Å². The molecule has 0 saturated carbocycles. The highest BCUT2D eigenvalue weighted by Crippen LogP contribution is 2.17. The van der Waals surface area contributed by atoms with Crippen molar-refractivity contribution in [3.05, 3.63) is 71.3 Å². The molecule has 2 aromatic rings.